The Labute approximate surface area is 166 Å². The van der Waals surface area contributed by atoms with E-state index in [-0.39, 0.29) is 16.6 Å². The number of likely N-dealkylation sites (tertiary alicyclic amines) is 1. The molecule has 0 atom stereocenters. The minimum atomic E-state index is -3.71. The van der Waals surface area contributed by atoms with Crippen molar-refractivity contribution in [3.63, 3.8) is 0 Å². The highest BCUT2D eigenvalue weighted by Gasteiger charge is 2.27. The third-order valence-corrected chi connectivity index (χ3v) is 7.06. The molecule has 7 heteroatoms. The standard InChI is InChI=1S/C21H26N2O4S/c1-22(2)28(25,26)20-15-18(9-10-19(20)27-3)21(24)23-13-11-17(12-14-23)16-7-5-4-6-8-16/h4-10,15,17H,11-14H2,1-3H3. The number of methoxy groups -OCH3 is 1. The molecule has 0 unspecified atom stereocenters. The molecular weight excluding hydrogens is 376 g/mol. The van der Waals surface area contributed by atoms with E-state index in [1.807, 2.05) is 18.2 Å². The SMILES string of the molecule is COc1ccc(C(=O)N2CCC(c3ccccc3)CC2)cc1S(=O)(=O)N(C)C. The molecule has 1 heterocycles. The summed E-state index contributed by atoms with van der Waals surface area (Å²) in [6.45, 7) is 1.31. The molecular formula is C21H26N2O4S. The van der Waals surface area contributed by atoms with Crippen LogP contribution in [-0.4, -0.2) is 57.8 Å². The van der Waals surface area contributed by atoms with E-state index >= 15 is 0 Å². The first kappa shape index (κ1) is 20.4. The first-order valence-corrected chi connectivity index (χ1v) is 10.7. The molecule has 1 amide bonds. The summed E-state index contributed by atoms with van der Waals surface area (Å²) in [5.74, 6) is 0.531. The van der Waals surface area contributed by atoms with Crippen LogP contribution >= 0.6 is 0 Å². The molecule has 3 rings (SSSR count). The Morgan fingerprint density at radius 3 is 2.29 bits per heavy atom. The van der Waals surface area contributed by atoms with Crippen LogP contribution in [0.25, 0.3) is 0 Å². The second-order valence-electron chi connectivity index (χ2n) is 7.13. The fraction of sp³-hybridized carbons (Fsp3) is 0.381. The molecule has 1 aliphatic heterocycles. The number of benzene rings is 2. The van der Waals surface area contributed by atoms with E-state index in [9.17, 15) is 13.2 Å². The van der Waals surface area contributed by atoms with Gasteiger partial charge in [0, 0.05) is 32.7 Å². The summed E-state index contributed by atoms with van der Waals surface area (Å²) in [6.07, 6.45) is 1.80. The van der Waals surface area contributed by atoms with E-state index in [4.69, 9.17) is 4.74 Å². The van der Waals surface area contributed by atoms with Crippen molar-refractivity contribution < 1.29 is 17.9 Å². The average Bonchev–Trinajstić information content (AvgIpc) is 2.73. The molecule has 1 saturated heterocycles. The Morgan fingerprint density at radius 2 is 1.71 bits per heavy atom. The van der Waals surface area contributed by atoms with Gasteiger partial charge in [0.1, 0.15) is 10.6 Å². The van der Waals surface area contributed by atoms with Gasteiger partial charge in [-0.1, -0.05) is 30.3 Å². The number of nitrogens with zero attached hydrogens (tertiary/aromatic N) is 2. The number of rotatable bonds is 5. The molecule has 0 bridgehead atoms. The number of hydrogen-bond donors (Lipinski definition) is 0. The molecule has 28 heavy (non-hydrogen) atoms. The summed E-state index contributed by atoms with van der Waals surface area (Å²) in [5.41, 5.74) is 1.66. The summed E-state index contributed by atoms with van der Waals surface area (Å²) < 4.78 is 31.5. The van der Waals surface area contributed by atoms with Crippen molar-refractivity contribution in [1.82, 2.24) is 9.21 Å². The summed E-state index contributed by atoms with van der Waals surface area (Å²) in [4.78, 5) is 14.8. The van der Waals surface area contributed by atoms with Crippen molar-refractivity contribution in [3.8, 4) is 5.75 Å². The van der Waals surface area contributed by atoms with Crippen molar-refractivity contribution >= 4 is 15.9 Å². The van der Waals surface area contributed by atoms with Crippen LogP contribution in [0.15, 0.2) is 53.4 Å². The van der Waals surface area contributed by atoms with Crippen LogP contribution in [-0.2, 0) is 10.0 Å². The highest BCUT2D eigenvalue weighted by Crippen LogP contribution is 2.30. The largest absolute Gasteiger partial charge is 0.495 e. The van der Waals surface area contributed by atoms with Gasteiger partial charge in [0.25, 0.3) is 5.91 Å². The Hall–Kier alpha value is -2.38. The lowest BCUT2D eigenvalue weighted by Crippen LogP contribution is -2.38. The number of carbonyl (C=O) groups excluding carboxylic acids is 1. The summed E-state index contributed by atoms with van der Waals surface area (Å²) in [7, 11) is 0.615. The quantitative estimate of drug-likeness (QED) is 0.771. The molecule has 0 N–H and O–H groups in total. The maximum Gasteiger partial charge on any atom is 0.253 e. The molecule has 6 nitrogen and oxygen atoms in total. The fourth-order valence-electron chi connectivity index (χ4n) is 3.53. The van der Waals surface area contributed by atoms with Gasteiger partial charge >= 0.3 is 0 Å². The van der Waals surface area contributed by atoms with E-state index in [2.05, 4.69) is 12.1 Å². The van der Waals surface area contributed by atoms with E-state index in [1.54, 1.807) is 17.0 Å². The number of hydrogen-bond acceptors (Lipinski definition) is 4. The minimum Gasteiger partial charge on any atom is -0.495 e. The van der Waals surface area contributed by atoms with Crippen molar-refractivity contribution in [2.24, 2.45) is 0 Å². The second-order valence-corrected chi connectivity index (χ2v) is 9.25. The summed E-state index contributed by atoms with van der Waals surface area (Å²) >= 11 is 0. The van der Waals surface area contributed by atoms with Crippen LogP contribution in [0.1, 0.15) is 34.7 Å². The lowest BCUT2D eigenvalue weighted by molar-refractivity contribution is 0.0712. The van der Waals surface area contributed by atoms with E-state index in [1.165, 1.54) is 32.8 Å². The predicted octanol–water partition coefficient (Wildman–Crippen LogP) is 2.97. The monoisotopic (exact) mass is 402 g/mol. The van der Waals surface area contributed by atoms with Gasteiger partial charge < -0.3 is 9.64 Å². The number of carbonyl (C=O) groups is 1. The zero-order chi connectivity index (χ0) is 20.3. The van der Waals surface area contributed by atoms with Crippen LogP contribution in [0.5, 0.6) is 5.75 Å². The average molecular weight is 403 g/mol. The highest BCUT2D eigenvalue weighted by atomic mass is 32.2. The van der Waals surface area contributed by atoms with Gasteiger partial charge in [-0.15, -0.1) is 0 Å². The predicted molar refractivity (Wildman–Crippen MR) is 108 cm³/mol. The van der Waals surface area contributed by atoms with Crippen molar-refractivity contribution in [2.75, 3.05) is 34.3 Å². The molecule has 2 aromatic rings. The number of ether oxygens (including phenoxy) is 1. The van der Waals surface area contributed by atoms with Crippen molar-refractivity contribution in [1.29, 1.82) is 0 Å². The normalized spacial score (nSPS) is 15.6. The number of sulfonamides is 1. The van der Waals surface area contributed by atoms with E-state index in [0.717, 1.165) is 17.1 Å². The van der Waals surface area contributed by atoms with Crippen molar-refractivity contribution in [3.05, 3.63) is 59.7 Å². The molecule has 0 spiro atoms. The first-order chi connectivity index (χ1) is 13.3. The van der Waals surface area contributed by atoms with Gasteiger partial charge in [-0.2, -0.15) is 0 Å². The topological polar surface area (TPSA) is 66.9 Å². The Morgan fingerprint density at radius 1 is 1.07 bits per heavy atom. The van der Waals surface area contributed by atoms with Crippen molar-refractivity contribution in [2.45, 2.75) is 23.7 Å². The first-order valence-electron chi connectivity index (χ1n) is 9.29. The zero-order valence-electron chi connectivity index (χ0n) is 16.5. The molecule has 2 aromatic carbocycles. The maximum absolute atomic E-state index is 13.0. The zero-order valence-corrected chi connectivity index (χ0v) is 17.3. The van der Waals surface area contributed by atoms with Gasteiger partial charge in [0.2, 0.25) is 10.0 Å². The molecule has 150 valence electrons. The number of amides is 1. The maximum atomic E-state index is 13.0. The molecule has 1 aliphatic rings. The van der Waals surface area contributed by atoms with Gasteiger partial charge in [-0.05, 0) is 42.5 Å². The highest BCUT2D eigenvalue weighted by molar-refractivity contribution is 7.89. The van der Waals surface area contributed by atoms with E-state index in [0.29, 0.717) is 24.6 Å². The second kappa shape index (κ2) is 8.32. The number of piperidine rings is 1. The van der Waals surface area contributed by atoms with Gasteiger partial charge in [-0.25, -0.2) is 12.7 Å². The van der Waals surface area contributed by atoms with Gasteiger partial charge in [0.05, 0.1) is 7.11 Å². The van der Waals surface area contributed by atoms with Crippen LogP contribution < -0.4 is 4.74 Å². The minimum absolute atomic E-state index is 0.00465. The van der Waals surface area contributed by atoms with Crippen LogP contribution in [0, 0.1) is 0 Å². The summed E-state index contributed by atoms with van der Waals surface area (Å²) in [6, 6.07) is 14.9. The Kier molecular flexibility index (Phi) is 6.05. The van der Waals surface area contributed by atoms with E-state index < -0.39 is 10.0 Å². The van der Waals surface area contributed by atoms with Gasteiger partial charge in [-0.3, -0.25) is 4.79 Å². The summed E-state index contributed by atoms with van der Waals surface area (Å²) in [5, 5.41) is 0. The van der Waals surface area contributed by atoms with Gasteiger partial charge in [0.15, 0.2) is 0 Å². The third-order valence-electron chi connectivity index (χ3n) is 5.22. The smallest absolute Gasteiger partial charge is 0.253 e. The van der Waals surface area contributed by atoms with Crippen LogP contribution in [0.2, 0.25) is 0 Å². The Bertz CT molecular complexity index is 934. The third kappa shape index (κ3) is 4.05. The Balaban J connectivity index is 1.78. The molecule has 0 radical (unpaired) electrons. The molecule has 0 aromatic heterocycles. The lowest BCUT2D eigenvalue weighted by Gasteiger charge is -2.32. The fourth-order valence-corrected chi connectivity index (χ4v) is 4.61. The molecule has 0 saturated carbocycles. The molecule has 0 aliphatic carbocycles. The van der Waals surface area contributed by atoms with Crippen LogP contribution in [0.4, 0.5) is 0 Å². The lowest BCUT2D eigenvalue weighted by atomic mass is 9.89. The molecule has 1 fully saturated rings. The van der Waals surface area contributed by atoms with Crippen LogP contribution in [0.3, 0.4) is 0 Å².